The van der Waals surface area contributed by atoms with Crippen LogP contribution in [0.2, 0.25) is 0 Å². The Morgan fingerprint density at radius 2 is 2.12 bits per heavy atom. The maximum atomic E-state index is 14.0. The molecule has 0 bridgehead atoms. The topological polar surface area (TPSA) is 32.3 Å². The molecule has 1 aliphatic carbocycles. The van der Waals surface area contributed by atoms with Gasteiger partial charge >= 0.3 is 0 Å². The lowest BCUT2D eigenvalue weighted by atomic mass is 9.93. The fraction of sp³-hybridized carbons (Fsp3) is 0.450. The van der Waals surface area contributed by atoms with Crippen molar-refractivity contribution >= 4 is 29.7 Å². The highest BCUT2D eigenvalue weighted by Crippen LogP contribution is 2.56. The summed E-state index contributed by atoms with van der Waals surface area (Å²) in [5, 5.41) is 7.54. The van der Waals surface area contributed by atoms with Gasteiger partial charge in [0.15, 0.2) is 0 Å². The molecule has 3 nitrogen and oxygen atoms in total. The highest BCUT2D eigenvalue weighted by Gasteiger charge is 2.57. The Bertz CT molecular complexity index is 774. The van der Waals surface area contributed by atoms with E-state index in [9.17, 15) is 9.18 Å². The Labute approximate surface area is 164 Å². The van der Waals surface area contributed by atoms with E-state index in [0.29, 0.717) is 17.7 Å². The summed E-state index contributed by atoms with van der Waals surface area (Å²) in [5.41, 5.74) is 2.44. The molecule has 1 saturated carbocycles. The van der Waals surface area contributed by atoms with Crippen LogP contribution < -0.4 is 5.32 Å². The molecule has 2 heterocycles. The van der Waals surface area contributed by atoms with Crippen LogP contribution in [0.15, 0.2) is 35.0 Å². The van der Waals surface area contributed by atoms with E-state index in [2.05, 4.69) is 16.8 Å². The van der Waals surface area contributed by atoms with Crippen LogP contribution in [-0.2, 0) is 6.54 Å². The van der Waals surface area contributed by atoms with E-state index in [0.717, 1.165) is 37.9 Å². The number of halogens is 2. The van der Waals surface area contributed by atoms with Gasteiger partial charge < -0.3 is 10.2 Å². The third-order valence-electron chi connectivity index (χ3n) is 5.73. The van der Waals surface area contributed by atoms with Crippen molar-refractivity contribution in [1.29, 1.82) is 0 Å². The van der Waals surface area contributed by atoms with Crippen molar-refractivity contribution in [1.82, 2.24) is 10.2 Å². The van der Waals surface area contributed by atoms with Crippen LogP contribution in [0.5, 0.6) is 0 Å². The Balaban J connectivity index is 0.00000196. The van der Waals surface area contributed by atoms with Gasteiger partial charge in [0.25, 0.3) is 5.91 Å². The minimum atomic E-state index is -0.311. The second-order valence-corrected chi connectivity index (χ2v) is 8.14. The van der Waals surface area contributed by atoms with E-state index >= 15 is 0 Å². The monoisotopic (exact) mass is 394 g/mol. The minimum Gasteiger partial charge on any atom is -0.331 e. The number of hydrogen-bond acceptors (Lipinski definition) is 3. The van der Waals surface area contributed by atoms with Crippen LogP contribution in [0.1, 0.15) is 40.7 Å². The average molecular weight is 395 g/mol. The normalized spacial score (nSPS) is 20.5. The molecule has 1 N–H and O–H groups in total. The van der Waals surface area contributed by atoms with E-state index in [1.54, 1.807) is 30.4 Å². The zero-order chi connectivity index (χ0) is 17.4. The average Bonchev–Trinajstić information content (AvgIpc) is 3.06. The molecular weight excluding hydrogens is 371 g/mol. The molecule has 1 spiro atoms. The first-order chi connectivity index (χ1) is 12.1. The Hall–Kier alpha value is -1.43. The summed E-state index contributed by atoms with van der Waals surface area (Å²) in [6, 6.07) is 7.16. The Kier molecular flexibility index (Phi) is 5.70. The number of benzene rings is 1. The predicted octanol–water partition coefficient (Wildman–Crippen LogP) is 4.40. The summed E-state index contributed by atoms with van der Waals surface area (Å²) in [5.74, 6) is -0.362. The van der Waals surface area contributed by atoms with Gasteiger partial charge in [0.1, 0.15) is 5.82 Å². The molecule has 1 aromatic heterocycles. The molecule has 6 heteroatoms. The van der Waals surface area contributed by atoms with Crippen molar-refractivity contribution in [2.45, 2.75) is 38.8 Å². The zero-order valence-electron chi connectivity index (χ0n) is 14.8. The molecular formula is C20H24ClFN2OS. The van der Waals surface area contributed by atoms with Crippen LogP contribution in [0.4, 0.5) is 4.39 Å². The third kappa shape index (κ3) is 3.66. The lowest BCUT2D eigenvalue weighted by molar-refractivity contribution is 0.0692. The van der Waals surface area contributed by atoms with Crippen molar-refractivity contribution in [2.24, 2.45) is 5.41 Å². The molecule has 1 unspecified atom stereocenters. The van der Waals surface area contributed by atoms with Gasteiger partial charge in [0.2, 0.25) is 0 Å². The molecule has 1 aliphatic heterocycles. The molecule has 140 valence electrons. The molecule has 1 aromatic carbocycles. The van der Waals surface area contributed by atoms with Crippen molar-refractivity contribution in [3.63, 3.8) is 0 Å². The van der Waals surface area contributed by atoms with Gasteiger partial charge in [-0.3, -0.25) is 4.79 Å². The van der Waals surface area contributed by atoms with E-state index < -0.39 is 0 Å². The van der Waals surface area contributed by atoms with Gasteiger partial charge in [-0.05, 0) is 84.8 Å². The molecule has 2 fully saturated rings. The standard InChI is InChI=1S/C20H23FN2OS.ClH/c1-14-2-3-16(10-17(14)21)19(24)23(12-15-4-9-25-13-15)18-11-20(18)5-7-22-8-6-20;/h2-4,9-10,13,18,22H,5-8,11-12H2,1H3;1H. The summed E-state index contributed by atoms with van der Waals surface area (Å²) < 4.78 is 14.0. The van der Waals surface area contributed by atoms with Crippen molar-refractivity contribution < 1.29 is 9.18 Å². The van der Waals surface area contributed by atoms with E-state index in [4.69, 9.17) is 0 Å². The molecule has 1 saturated heterocycles. The van der Waals surface area contributed by atoms with E-state index in [1.807, 2.05) is 10.3 Å². The van der Waals surface area contributed by atoms with Crippen LogP contribution in [0, 0.1) is 18.2 Å². The van der Waals surface area contributed by atoms with Gasteiger partial charge in [0.05, 0.1) is 0 Å². The molecule has 2 aliphatic rings. The fourth-order valence-corrected chi connectivity index (χ4v) is 4.68. The van der Waals surface area contributed by atoms with Crippen molar-refractivity contribution in [3.05, 3.63) is 57.5 Å². The molecule has 0 radical (unpaired) electrons. The van der Waals surface area contributed by atoms with E-state index in [1.165, 1.54) is 6.07 Å². The molecule has 1 atom stereocenters. The highest BCUT2D eigenvalue weighted by molar-refractivity contribution is 7.07. The molecule has 26 heavy (non-hydrogen) atoms. The largest absolute Gasteiger partial charge is 0.331 e. The smallest absolute Gasteiger partial charge is 0.254 e. The number of hydrogen-bond donors (Lipinski definition) is 1. The second-order valence-electron chi connectivity index (χ2n) is 7.36. The number of rotatable bonds is 4. The number of piperidine rings is 1. The summed E-state index contributed by atoms with van der Waals surface area (Å²) in [7, 11) is 0. The van der Waals surface area contributed by atoms with Crippen molar-refractivity contribution in [2.75, 3.05) is 13.1 Å². The molecule has 2 aromatic rings. The van der Waals surface area contributed by atoms with Crippen LogP contribution >= 0.6 is 23.7 Å². The summed E-state index contributed by atoms with van der Waals surface area (Å²) >= 11 is 1.64. The SMILES string of the molecule is Cc1ccc(C(=O)N(Cc2ccsc2)C2CC23CCNCC3)cc1F.Cl. The van der Waals surface area contributed by atoms with E-state index in [-0.39, 0.29) is 35.6 Å². The fourth-order valence-electron chi connectivity index (χ4n) is 4.02. The van der Waals surface area contributed by atoms with Gasteiger partial charge in [-0.15, -0.1) is 12.4 Å². The first-order valence-corrected chi connectivity index (χ1v) is 9.82. The number of amides is 1. The van der Waals surface area contributed by atoms with Crippen LogP contribution in [-0.4, -0.2) is 29.9 Å². The molecule has 4 rings (SSSR count). The number of thiophene rings is 1. The maximum absolute atomic E-state index is 14.0. The van der Waals surface area contributed by atoms with Crippen LogP contribution in [0.3, 0.4) is 0 Å². The van der Waals surface area contributed by atoms with Gasteiger partial charge in [-0.1, -0.05) is 6.07 Å². The minimum absolute atomic E-state index is 0. The summed E-state index contributed by atoms with van der Waals surface area (Å²) in [6.45, 7) is 4.38. The predicted molar refractivity (Wildman–Crippen MR) is 106 cm³/mol. The second kappa shape index (κ2) is 7.67. The number of nitrogens with zero attached hydrogens (tertiary/aromatic N) is 1. The summed E-state index contributed by atoms with van der Waals surface area (Å²) in [6.07, 6.45) is 3.31. The maximum Gasteiger partial charge on any atom is 0.254 e. The third-order valence-corrected chi connectivity index (χ3v) is 6.47. The first-order valence-electron chi connectivity index (χ1n) is 8.88. The number of carbonyl (C=O) groups is 1. The molecule has 1 amide bonds. The first kappa shape index (κ1) is 19.3. The number of nitrogens with one attached hydrogen (secondary N) is 1. The highest BCUT2D eigenvalue weighted by atomic mass is 35.5. The lowest BCUT2D eigenvalue weighted by Gasteiger charge is -2.29. The number of aryl methyl sites for hydroxylation is 1. The van der Waals surface area contributed by atoms with Gasteiger partial charge in [-0.2, -0.15) is 11.3 Å². The zero-order valence-corrected chi connectivity index (χ0v) is 16.5. The van der Waals surface area contributed by atoms with Crippen LogP contribution in [0.25, 0.3) is 0 Å². The van der Waals surface area contributed by atoms with Gasteiger partial charge in [-0.25, -0.2) is 4.39 Å². The number of carbonyl (C=O) groups excluding carboxylic acids is 1. The lowest BCUT2D eigenvalue weighted by Crippen LogP contribution is -2.39. The van der Waals surface area contributed by atoms with Gasteiger partial charge in [0, 0.05) is 18.2 Å². The summed E-state index contributed by atoms with van der Waals surface area (Å²) in [4.78, 5) is 15.2. The Morgan fingerprint density at radius 3 is 2.77 bits per heavy atom. The van der Waals surface area contributed by atoms with Crippen molar-refractivity contribution in [3.8, 4) is 0 Å². The Morgan fingerprint density at radius 1 is 1.35 bits per heavy atom. The quantitative estimate of drug-likeness (QED) is 0.833.